The number of fused-ring (bicyclic) bond motifs is 1. The molecule has 1 aliphatic heterocycles. The largest absolute Gasteiger partial charge is 0.378 e. The Balaban J connectivity index is 1.67. The maximum Gasteiger partial charge on any atom is 0.0587 e. The fourth-order valence-electron chi connectivity index (χ4n) is 3.53. The molecule has 104 valence electrons. The van der Waals surface area contributed by atoms with Crippen molar-refractivity contribution in [1.82, 2.24) is 5.32 Å². The van der Waals surface area contributed by atoms with Gasteiger partial charge < -0.3 is 10.1 Å². The summed E-state index contributed by atoms with van der Waals surface area (Å²) in [5.74, 6) is 0. The highest BCUT2D eigenvalue weighted by molar-refractivity contribution is 5.32. The first kappa shape index (κ1) is 13.1. The number of hydrogen-bond acceptors (Lipinski definition) is 2. The lowest BCUT2D eigenvalue weighted by Gasteiger charge is -2.35. The van der Waals surface area contributed by atoms with Gasteiger partial charge in [-0.2, -0.15) is 0 Å². The predicted molar refractivity (Wildman–Crippen MR) is 78.3 cm³/mol. The van der Waals surface area contributed by atoms with E-state index in [1.165, 1.54) is 31.2 Å². The molecule has 1 saturated heterocycles. The van der Waals surface area contributed by atoms with E-state index in [1.54, 1.807) is 5.56 Å². The standard InChI is InChI=1S/C17H25NO/c1-2-15-12-14(10-11-19-15)18-17-9-5-7-13-6-3-4-8-16(13)17/h3-4,6,8,14-15,17-18H,2,5,7,9-12H2,1H3. The van der Waals surface area contributed by atoms with Crippen molar-refractivity contribution in [2.75, 3.05) is 6.61 Å². The highest BCUT2D eigenvalue weighted by Crippen LogP contribution is 2.31. The number of rotatable bonds is 3. The Morgan fingerprint density at radius 2 is 2.16 bits per heavy atom. The Labute approximate surface area is 116 Å². The minimum atomic E-state index is 0.463. The van der Waals surface area contributed by atoms with Crippen molar-refractivity contribution >= 4 is 0 Å². The van der Waals surface area contributed by atoms with E-state index in [0.29, 0.717) is 18.2 Å². The Morgan fingerprint density at radius 3 is 3.05 bits per heavy atom. The summed E-state index contributed by atoms with van der Waals surface area (Å²) < 4.78 is 5.78. The highest BCUT2D eigenvalue weighted by atomic mass is 16.5. The molecule has 1 aromatic carbocycles. The van der Waals surface area contributed by atoms with Crippen LogP contribution in [0.4, 0.5) is 0 Å². The van der Waals surface area contributed by atoms with Crippen molar-refractivity contribution in [1.29, 1.82) is 0 Å². The maximum atomic E-state index is 5.78. The topological polar surface area (TPSA) is 21.3 Å². The second-order valence-electron chi connectivity index (χ2n) is 5.93. The molecule has 19 heavy (non-hydrogen) atoms. The lowest BCUT2D eigenvalue weighted by molar-refractivity contribution is -0.00236. The van der Waals surface area contributed by atoms with Crippen LogP contribution >= 0.6 is 0 Å². The quantitative estimate of drug-likeness (QED) is 0.895. The monoisotopic (exact) mass is 259 g/mol. The summed E-state index contributed by atoms with van der Waals surface area (Å²) in [5, 5.41) is 3.90. The van der Waals surface area contributed by atoms with Crippen molar-refractivity contribution in [3.8, 4) is 0 Å². The average molecular weight is 259 g/mol. The molecule has 1 heterocycles. The van der Waals surface area contributed by atoms with Crippen LogP contribution in [0.15, 0.2) is 24.3 Å². The van der Waals surface area contributed by atoms with E-state index < -0.39 is 0 Å². The van der Waals surface area contributed by atoms with Crippen molar-refractivity contribution in [3.05, 3.63) is 35.4 Å². The third-order valence-corrected chi connectivity index (χ3v) is 4.63. The van der Waals surface area contributed by atoms with Gasteiger partial charge in [-0.15, -0.1) is 0 Å². The van der Waals surface area contributed by atoms with Crippen molar-refractivity contribution in [3.63, 3.8) is 0 Å². The van der Waals surface area contributed by atoms with Crippen LogP contribution in [-0.4, -0.2) is 18.8 Å². The van der Waals surface area contributed by atoms with E-state index in [0.717, 1.165) is 19.4 Å². The van der Waals surface area contributed by atoms with Crippen LogP contribution < -0.4 is 5.32 Å². The van der Waals surface area contributed by atoms with Gasteiger partial charge in [0, 0.05) is 18.7 Å². The van der Waals surface area contributed by atoms with Gasteiger partial charge in [0.15, 0.2) is 0 Å². The summed E-state index contributed by atoms with van der Waals surface area (Å²) in [4.78, 5) is 0. The summed E-state index contributed by atoms with van der Waals surface area (Å²) in [6.07, 6.45) is 7.79. The first-order valence-corrected chi connectivity index (χ1v) is 7.82. The van der Waals surface area contributed by atoms with Gasteiger partial charge in [0.1, 0.15) is 0 Å². The number of aryl methyl sites for hydroxylation is 1. The van der Waals surface area contributed by atoms with Gasteiger partial charge in [-0.05, 0) is 49.7 Å². The fraction of sp³-hybridized carbons (Fsp3) is 0.647. The highest BCUT2D eigenvalue weighted by Gasteiger charge is 2.26. The molecule has 1 aliphatic carbocycles. The van der Waals surface area contributed by atoms with Crippen molar-refractivity contribution in [2.24, 2.45) is 0 Å². The van der Waals surface area contributed by atoms with Gasteiger partial charge in [0.25, 0.3) is 0 Å². The SMILES string of the molecule is CCC1CC(NC2CCCc3ccccc32)CCO1. The van der Waals surface area contributed by atoms with Crippen LogP contribution in [-0.2, 0) is 11.2 Å². The first-order chi connectivity index (χ1) is 9.36. The first-order valence-electron chi connectivity index (χ1n) is 7.82. The summed E-state index contributed by atoms with van der Waals surface area (Å²) in [6, 6.07) is 10.1. The average Bonchev–Trinajstić information content (AvgIpc) is 2.48. The molecule has 2 nitrogen and oxygen atoms in total. The van der Waals surface area contributed by atoms with Crippen LogP contribution in [0.2, 0.25) is 0 Å². The normalized spacial score (nSPS) is 30.9. The van der Waals surface area contributed by atoms with Gasteiger partial charge in [-0.3, -0.25) is 0 Å². The Kier molecular flexibility index (Phi) is 4.19. The fourth-order valence-corrected chi connectivity index (χ4v) is 3.53. The number of ether oxygens (including phenoxy) is 1. The predicted octanol–water partition coefficient (Wildman–Crippen LogP) is 3.61. The summed E-state index contributed by atoms with van der Waals surface area (Å²) in [6.45, 7) is 3.15. The van der Waals surface area contributed by atoms with Crippen molar-refractivity contribution < 1.29 is 4.74 Å². The maximum absolute atomic E-state index is 5.78. The van der Waals surface area contributed by atoms with Gasteiger partial charge in [0.2, 0.25) is 0 Å². The molecule has 1 aromatic rings. The molecular formula is C17H25NO. The summed E-state index contributed by atoms with van der Waals surface area (Å²) >= 11 is 0. The third-order valence-electron chi connectivity index (χ3n) is 4.63. The minimum Gasteiger partial charge on any atom is -0.378 e. The molecule has 3 rings (SSSR count). The van der Waals surface area contributed by atoms with Gasteiger partial charge >= 0.3 is 0 Å². The van der Waals surface area contributed by atoms with E-state index in [9.17, 15) is 0 Å². The molecule has 0 spiro atoms. The minimum absolute atomic E-state index is 0.463. The molecular weight excluding hydrogens is 234 g/mol. The van der Waals surface area contributed by atoms with Crippen LogP contribution in [0.1, 0.15) is 56.2 Å². The van der Waals surface area contributed by atoms with Crippen LogP contribution in [0.25, 0.3) is 0 Å². The molecule has 0 radical (unpaired) electrons. The Hall–Kier alpha value is -0.860. The van der Waals surface area contributed by atoms with Gasteiger partial charge in [0.05, 0.1) is 6.10 Å². The van der Waals surface area contributed by atoms with E-state index in [2.05, 4.69) is 36.5 Å². The number of benzene rings is 1. The van der Waals surface area contributed by atoms with E-state index in [1.807, 2.05) is 0 Å². The van der Waals surface area contributed by atoms with Gasteiger partial charge in [-0.1, -0.05) is 31.2 Å². The zero-order valence-corrected chi connectivity index (χ0v) is 11.9. The molecule has 3 atom stereocenters. The third kappa shape index (κ3) is 3.01. The summed E-state index contributed by atoms with van der Waals surface area (Å²) in [7, 11) is 0. The van der Waals surface area contributed by atoms with Crippen LogP contribution in [0.5, 0.6) is 0 Å². The van der Waals surface area contributed by atoms with Crippen molar-refractivity contribution in [2.45, 2.75) is 63.6 Å². The Bertz CT molecular complexity index is 417. The zero-order chi connectivity index (χ0) is 13.1. The molecule has 0 aromatic heterocycles. The smallest absolute Gasteiger partial charge is 0.0587 e. The molecule has 2 aliphatic rings. The lowest BCUT2D eigenvalue weighted by Crippen LogP contribution is -2.41. The van der Waals surface area contributed by atoms with Crippen LogP contribution in [0, 0.1) is 0 Å². The number of nitrogens with one attached hydrogen (secondary N) is 1. The molecule has 2 heteroatoms. The number of hydrogen-bond donors (Lipinski definition) is 1. The van der Waals surface area contributed by atoms with E-state index >= 15 is 0 Å². The van der Waals surface area contributed by atoms with E-state index in [4.69, 9.17) is 4.74 Å². The van der Waals surface area contributed by atoms with E-state index in [-0.39, 0.29) is 0 Å². The second-order valence-corrected chi connectivity index (χ2v) is 5.93. The molecule has 1 N–H and O–H groups in total. The molecule has 0 amide bonds. The van der Waals surface area contributed by atoms with Crippen LogP contribution in [0.3, 0.4) is 0 Å². The lowest BCUT2D eigenvalue weighted by atomic mass is 9.86. The Morgan fingerprint density at radius 1 is 1.26 bits per heavy atom. The molecule has 3 unspecified atom stereocenters. The molecule has 1 fully saturated rings. The summed E-state index contributed by atoms with van der Waals surface area (Å²) in [5.41, 5.74) is 3.08. The zero-order valence-electron chi connectivity index (χ0n) is 11.9. The molecule has 0 saturated carbocycles. The molecule has 0 bridgehead atoms. The second kappa shape index (κ2) is 6.06. The van der Waals surface area contributed by atoms with Gasteiger partial charge in [-0.25, -0.2) is 0 Å².